The van der Waals surface area contributed by atoms with E-state index < -0.39 is 0 Å². The molecule has 0 saturated carbocycles. The van der Waals surface area contributed by atoms with Crippen molar-refractivity contribution in [2.75, 3.05) is 5.32 Å². The number of nitrogens with zero attached hydrogens (tertiary/aromatic N) is 4. The van der Waals surface area contributed by atoms with E-state index in [2.05, 4.69) is 22.9 Å². The average Bonchev–Trinajstić information content (AvgIpc) is 3.52. The first-order valence-electron chi connectivity index (χ1n) is 12.4. The average molecular weight is 492 g/mol. The number of aryl methyl sites for hydroxylation is 1. The maximum Gasteiger partial charge on any atom is 0.322 e. The van der Waals surface area contributed by atoms with Gasteiger partial charge in [0.2, 0.25) is 0 Å². The van der Waals surface area contributed by atoms with Gasteiger partial charge in [-0.2, -0.15) is 5.10 Å². The van der Waals surface area contributed by atoms with Gasteiger partial charge in [0.1, 0.15) is 11.6 Å². The number of benzene rings is 3. The molecule has 1 aliphatic heterocycles. The quantitative estimate of drug-likeness (QED) is 0.312. The van der Waals surface area contributed by atoms with E-state index in [4.69, 9.17) is 5.10 Å². The highest BCUT2D eigenvalue weighted by molar-refractivity contribution is 5.90. The Hall–Kier alpha value is -4.65. The summed E-state index contributed by atoms with van der Waals surface area (Å²) in [7, 11) is 0. The van der Waals surface area contributed by atoms with Crippen LogP contribution in [0.4, 0.5) is 14.9 Å². The van der Waals surface area contributed by atoms with E-state index in [1.165, 1.54) is 12.1 Å². The second-order valence-electron chi connectivity index (χ2n) is 9.03. The van der Waals surface area contributed by atoms with Gasteiger partial charge in [0.25, 0.3) is 0 Å². The van der Waals surface area contributed by atoms with Gasteiger partial charge in [-0.1, -0.05) is 55.5 Å². The fourth-order valence-electron chi connectivity index (χ4n) is 5.06. The highest BCUT2D eigenvalue weighted by Crippen LogP contribution is 2.38. The lowest BCUT2D eigenvalue weighted by atomic mass is 10.0. The molecule has 6 nitrogen and oxygen atoms in total. The van der Waals surface area contributed by atoms with Gasteiger partial charge in [0.05, 0.1) is 29.7 Å². The number of aromatic nitrogens is 3. The zero-order chi connectivity index (χ0) is 25.4. The molecule has 184 valence electrons. The van der Waals surface area contributed by atoms with Crippen molar-refractivity contribution in [1.82, 2.24) is 19.2 Å². The summed E-state index contributed by atoms with van der Waals surface area (Å²) in [5.41, 5.74) is 5.38. The van der Waals surface area contributed by atoms with Crippen molar-refractivity contribution in [2.24, 2.45) is 0 Å². The number of fused-ring (bicyclic) bond motifs is 3. The normalized spacial score (nSPS) is 14.5. The summed E-state index contributed by atoms with van der Waals surface area (Å²) in [5.74, 6) is 0.583. The van der Waals surface area contributed by atoms with Crippen molar-refractivity contribution < 1.29 is 9.18 Å². The van der Waals surface area contributed by atoms with E-state index >= 15 is 0 Å². The number of halogens is 1. The van der Waals surface area contributed by atoms with Crippen molar-refractivity contribution in [3.8, 4) is 11.5 Å². The molecule has 1 N–H and O–H groups in total. The SMILES string of the molecule is CCc1nn(-c2ccccc2)c2c1CN(C(=O)Nc1ccc(F)cc1)[C@@H](c1ccccc1)c1cccn1-2. The van der Waals surface area contributed by atoms with Crippen LogP contribution in [-0.4, -0.2) is 25.3 Å². The predicted octanol–water partition coefficient (Wildman–Crippen LogP) is 6.50. The first-order chi connectivity index (χ1) is 18.1. The topological polar surface area (TPSA) is 55.1 Å². The van der Waals surface area contributed by atoms with E-state index in [1.54, 1.807) is 12.1 Å². The molecule has 0 saturated heterocycles. The third-order valence-electron chi connectivity index (χ3n) is 6.78. The number of carbonyl (C=O) groups excluding carboxylic acids is 1. The minimum atomic E-state index is -0.349. The summed E-state index contributed by atoms with van der Waals surface area (Å²) in [5, 5.41) is 7.96. The first-order valence-corrected chi connectivity index (χ1v) is 12.4. The second-order valence-corrected chi connectivity index (χ2v) is 9.03. The molecule has 37 heavy (non-hydrogen) atoms. The van der Waals surface area contributed by atoms with Crippen molar-refractivity contribution in [2.45, 2.75) is 25.9 Å². The van der Waals surface area contributed by atoms with Gasteiger partial charge in [0, 0.05) is 17.4 Å². The molecular formula is C30H26FN5O. The Labute approximate surface area is 214 Å². The smallest absolute Gasteiger partial charge is 0.308 e. The Morgan fingerprint density at radius 3 is 2.35 bits per heavy atom. The maximum atomic E-state index is 13.9. The van der Waals surface area contributed by atoms with Gasteiger partial charge in [-0.25, -0.2) is 13.9 Å². The Morgan fingerprint density at radius 1 is 0.946 bits per heavy atom. The third-order valence-corrected chi connectivity index (χ3v) is 6.78. The number of hydrogen-bond acceptors (Lipinski definition) is 2. The van der Waals surface area contributed by atoms with Crippen LogP contribution in [0.2, 0.25) is 0 Å². The Balaban J connectivity index is 1.54. The fourth-order valence-corrected chi connectivity index (χ4v) is 5.06. The van der Waals surface area contributed by atoms with Crippen LogP contribution in [0, 0.1) is 5.82 Å². The van der Waals surface area contributed by atoms with E-state index in [0.29, 0.717) is 12.2 Å². The summed E-state index contributed by atoms with van der Waals surface area (Å²) in [4.78, 5) is 15.7. The standard InChI is InChI=1S/C30H26FN5O/c1-2-26-25-20-35(30(37)32-23-17-15-22(31)16-18-23)28(21-10-5-3-6-11-21)27-14-9-19-34(27)29(25)36(33-26)24-12-7-4-8-13-24/h3-19,28H,2,20H2,1H3,(H,32,37)/t28-/m0/s1. The Morgan fingerprint density at radius 2 is 1.65 bits per heavy atom. The molecule has 7 heteroatoms. The number of rotatable bonds is 4. The third kappa shape index (κ3) is 4.08. The Bertz CT molecular complexity index is 1540. The Kier molecular flexibility index (Phi) is 5.81. The van der Waals surface area contributed by atoms with Gasteiger partial charge >= 0.3 is 6.03 Å². The molecule has 3 heterocycles. The van der Waals surface area contributed by atoms with Crippen molar-refractivity contribution in [3.05, 3.63) is 132 Å². The van der Waals surface area contributed by atoms with Crippen LogP contribution in [0.1, 0.15) is 35.5 Å². The van der Waals surface area contributed by atoms with Crippen LogP contribution >= 0.6 is 0 Å². The lowest BCUT2D eigenvalue weighted by Gasteiger charge is -2.31. The molecule has 0 unspecified atom stereocenters. The molecule has 1 atom stereocenters. The summed E-state index contributed by atoms with van der Waals surface area (Å²) in [6, 6.07) is 29.4. The summed E-state index contributed by atoms with van der Waals surface area (Å²) in [6.45, 7) is 2.44. The second kappa shape index (κ2) is 9.43. The highest BCUT2D eigenvalue weighted by Gasteiger charge is 2.36. The fraction of sp³-hybridized carbons (Fsp3) is 0.133. The highest BCUT2D eigenvalue weighted by atomic mass is 19.1. The van der Waals surface area contributed by atoms with Crippen LogP contribution in [0.5, 0.6) is 0 Å². The molecule has 6 rings (SSSR count). The van der Waals surface area contributed by atoms with Crippen LogP contribution in [-0.2, 0) is 13.0 Å². The van der Waals surface area contributed by atoms with Crippen molar-refractivity contribution in [3.63, 3.8) is 0 Å². The minimum Gasteiger partial charge on any atom is -0.308 e. The van der Waals surface area contributed by atoms with Crippen LogP contribution in [0.3, 0.4) is 0 Å². The van der Waals surface area contributed by atoms with Crippen molar-refractivity contribution in [1.29, 1.82) is 0 Å². The summed E-state index contributed by atoms with van der Waals surface area (Å²) < 4.78 is 17.6. The molecule has 3 aromatic carbocycles. The summed E-state index contributed by atoms with van der Waals surface area (Å²) in [6.07, 6.45) is 2.76. The molecule has 2 aromatic heterocycles. The number of hydrogen-bond donors (Lipinski definition) is 1. The predicted molar refractivity (Wildman–Crippen MR) is 142 cm³/mol. The zero-order valence-electron chi connectivity index (χ0n) is 20.4. The molecule has 1 aliphatic rings. The van der Waals surface area contributed by atoms with Gasteiger partial charge in [-0.3, -0.25) is 0 Å². The van der Waals surface area contributed by atoms with Crippen LogP contribution < -0.4 is 5.32 Å². The monoisotopic (exact) mass is 491 g/mol. The maximum absolute atomic E-state index is 13.9. The number of carbonyl (C=O) groups is 1. The molecular weight excluding hydrogens is 465 g/mol. The van der Waals surface area contributed by atoms with E-state index in [9.17, 15) is 9.18 Å². The first kappa shape index (κ1) is 22.8. The zero-order valence-corrected chi connectivity index (χ0v) is 20.4. The number of para-hydroxylation sites is 1. The largest absolute Gasteiger partial charge is 0.322 e. The molecule has 5 aromatic rings. The van der Waals surface area contributed by atoms with Gasteiger partial charge in [-0.15, -0.1) is 0 Å². The van der Waals surface area contributed by atoms with Gasteiger partial charge in [0.15, 0.2) is 0 Å². The van der Waals surface area contributed by atoms with Gasteiger partial charge < -0.3 is 14.8 Å². The lowest BCUT2D eigenvalue weighted by molar-refractivity contribution is 0.194. The number of anilines is 1. The minimum absolute atomic E-state index is 0.268. The van der Waals surface area contributed by atoms with E-state index in [-0.39, 0.29) is 17.9 Å². The molecule has 0 aliphatic carbocycles. The lowest BCUT2D eigenvalue weighted by Crippen LogP contribution is -2.38. The van der Waals surface area contributed by atoms with Crippen LogP contribution in [0.25, 0.3) is 11.5 Å². The van der Waals surface area contributed by atoms with E-state index in [1.807, 2.05) is 82.5 Å². The van der Waals surface area contributed by atoms with E-state index in [0.717, 1.165) is 40.4 Å². The molecule has 0 spiro atoms. The summed E-state index contributed by atoms with van der Waals surface area (Å²) >= 11 is 0. The molecule has 0 bridgehead atoms. The van der Waals surface area contributed by atoms with Crippen molar-refractivity contribution >= 4 is 11.7 Å². The van der Waals surface area contributed by atoms with Crippen LogP contribution in [0.15, 0.2) is 103 Å². The van der Waals surface area contributed by atoms with Gasteiger partial charge in [-0.05, 0) is 60.5 Å². The number of amides is 2. The number of nitrogens with one attached hydrogen (secondary N) is 1. The molecule has 2 amide bonds. The molecule has 0 fully saturated rings. The number of urea groups is 1. The molecule has 0 radical (unpaired) electrons.